The Morgan fingerprint density at radius 3 is 2.61 bits per heavy atom. The van der Waals surface area contributed by atoms with E-state index in [1.54, 1.807) is 0 Å². The maximum atomic E-state index is 11.3. The second-order valence-corrected chi connectivity index (χ2v) is 5.71. The highest BCUT2D eigenvalue weighted by atomic mass is 35.5. The Balaban J connectivity index is 2.89. The second kappa shape index (κ2) is 5.92. The van der Waals surface area contributed by atoms with E-state index < -0.39 is 16.1 Å². The summed E-state index contributed by atoms with van der Waals surface area (Å²) in [6.45, 7) is 1.52. The highest BCUT2D eigenvalue weighted by Gasteiger charge is 2.10. The highest BCUT2D eigenvalue weighted by Crippen LogP contribution is 2.28. The van der Waals surface area contributed by atoms with Crippen molar-refractivity contribution in [1.29, 1.82) is 0 Å². The predicted octanol–water partition coefficient (Wildman–Crippen LogP) is 1.82. The number of carbonyl (C=O) groups excluding carboxylic acids is 1. The standard InChI is InChI=1S/C10H13ClN2O4S/c1-3-18(15,16)13-7-4-5-9(8(11)6-7)17-10(14)12-2/h4-6,13H,3H2,1-2H3,(H,12,14). The molecule has 1 aromatic rings. The molecule has 100 valence electrons. The van der Waals surface area contributed by atoms with E-state index in [4.69, 9.17) is 16.3 Å². The van der Waals surface area contributed by atoms with Gasteiger partial charge in [0.1, 0.15) is 0 Å². The molecule has 0 aliphatic carbocycles. The highest BCUT2D eigenvalue weighted by molar-refractivity contribution is 7.92. The Morgan fingerprint density at radius 1 is 1.44 bits per heavy atom. The molecule has 8 heteroatoms. The van der Waals surface area contributed by atoms with Crippen LogP contribution in [0.2, 0.25) is 5.02 Å². The number of ether oxygens (including phenoxy) is 1. The molecular weight excluding hydrogens is 280 g/mol. The predicted molar refractivity (Wildman–Crippen MR) is 69.6 cm³/mol. The van der Waals surface area contributed by atoms with Crippen LogP contribution in [-0.2, 0) is 10.0 Å². The first-order valence-electron chi connectivity index (χ1n) is 5.07. The Labute approximate surface area is 110 Å². The van der Waals surface area contributed by atoms with Crippen molar-refractivity contribution in [2.24, 2.45) is 0 Å². The van der Waals surface area contributed by atoms with Gasteiger partial charge in [0, 0.05) is 7.05 Å². The fourth-order valence-corrected chi connectivity index (χ4v) is 1.90. The molecule has 0 saturated heterocycles. The molecule has 2 N–H and O–H groups in total. The number of carbonyl (C=O) groups is 1. The first-order valence-corrected chi connectivity index (χ1v) is 7.10. The average Bonchev–Trinajstić information content (AvgIpc) is 2.32. The summed E-state index contributed by atoms with van der Waals surface area (Å²) >= 11 is 5.86. The zero-order chi connectivity index (χ0) is 13.8. The molecule has 0 unspecified atom stereocenters. The fraction of sp³-hybridized carbons (Fsp3) is 0.300. The lowest BCUT2D eigenvalue weighted by Crippen LogP contribution is -2.22. The number of rotatable bonds is 4. The van der Waals surface area contributed by atoms with Gasteiger partial charge < -0.3 is 10.1 Å². The van der Waals surface area contributed by atoms with E-state index in [-0.39, 0.29) is 16.5 Å². The van der Waals surface area contributed by atoms with Crippen molar-refractivity contribution in [3.63, 3.8) is 0 Å². The Kier molecular flexibility index (Phi) is 4.80. The molecule has 1 amide bonds. The van der Waals surface area contributed by atoms with Crippen LogP contribution < -0.4 is 14.8 Å². The van der Waals surface area contributed by atoms with Gasteiger partial charge in [0.2, 0.25) is 10.0 Å². The minimum atomic E-state index is -3.36. The summed E-state index contributed by atoms with van der Waals surface area (Å²) in [5.74, 6) is 0.108. The number of anilines is 1. The lowest BCUT2D eigenvalue weighted by molar-refractivity contribution is 0.203. The lowest BCUT2D eigenvalue weighted by atomic mass is 10.3. The minimum Gasteiger partial charge on any atom is -0.409 e. The van der Waals surface area contributed by atoms with E-state index >= 15 is 0 Å². The van der Waals surface area contributed by atoms with E-state index in [9.17, 15) is 13.2 Å². The largest absolute Gasteiger partial charge is 0.412 e. The third-order valence-corrected chi connectivity index (χ3v) is 3.59. The number of hydrogen-bond acceptors (Lipinski definition) is 4. The van der Waals surface area contributed by atoms with Gasteiger partial charge in [-0.05, 0) is 25.1 Å². The number of hydrogen-bond donors (Lipinski definition) is 2. The minimum absolute atomic E-state index is 0.0406. The molecule has 0 fully saturated rings. The summed E-state index contributed by atoms with van der Waals surface area (Å²) in [6.07, 6.45) is -0.654. The van der Waals surface area contributed by atoms with Gasteiger partial charge in [0.05, 0.1) is 16.5 Å². The van der Waals surface area contributed by atoms with E-state index in [1.165, 1.54) is 32.2 Å². The number of benzene rings is 1. The molecule has 0 aliphatic heterocycles. The molecule has 0 spiro atoms. The smallest absolute Gasteiger partial charge is 0.409 e. The number of nitrogens with one attached hydrogen (secondary N) is 2. The number of sulfonamides is 1. The molecule has 0 heterocycles. The van der Waals surface area contributed by atoms with E-state index in [2.05, 4.69) is 10.0 Å². The first kappa shape index (κ1) is 14.6. The lowest BCUT2D eigenvalue weighted by Gasteiger charge is -2.09. The van der Waals surface area contributed by atoms with Gasteiger partial charge in [-0.3, -0.25) is 4.72 Å². The number of halogens is 1. The van der Waals surface area contributed by atoms with E-state index in [0.29, 0.717) is 5.69 Å². The van der Waals surface area contributed by atoms with Crippen LogP contribution >= 0.6 is 11.6 Å². The molecule has 0 radical (unpaired) electrons. The van der Waals surface area contributed by atoms with Crippen LogP contribution in [-0.4, -0.2) is 27.3 Å². The van der Waals surface area contributed by atoms with Gasteiger partial charge in [-0.15, -0.1) is 0 Å². The third-order valence-electron chi connectivity index (χ3n) is 1.99. The van der Waals surface area contributed by atoms with E-state index in [1.807, 2.05) is 0 Å². The van der Waals surface area contributed by atoms with Crippen LogP contribution in [0.1, 0.15) is 6.92 Å². The first-order chi connectivity index (χ1) is 8.38. The molecular formula is C10H13ClN2O4S. The Morgan fingerprint density at radius 2 is 2.11 bits per heavy atom. The average molecular weight is 293 g/mol. The van der Waals surface area contributed by atoms with Crippen molar-refractivity contribution in [3.8, 4) is 5.75 Å². The monoisotopic (exact) mass is 292 g/mol. The zero-order valence-corrected chi connectivity index (χ0v) is 11.4. The zero-order valence-electron chi connectivity index (χ0n) is 9.86. The van der Waals surface area contributed by atoms with Crippen LogP contribution in [0.5, 0.6) is 5.75 Å². The van der Waals surface area contributed by atoms with Crippen molar-refractivity contribution in [2.75, 3.05) is 17.5 Å². The van der Waals surface area contributed by atoms with Crippen molar-refractivity contribution in [2.45, 2.75) is 6.92 Å². The molecule has 1 rings (SSSR count). The van der Waals surface area contributed by atoms with Crippen molar-refractivity contribution < 1.29 is 17.9 Å². The molecule has 0 atom stereocenters. The maximum Gasteiger partial charge on any atom is 0.412 e. The molecule has 0 aromatic heterocycles. The van der Waals surface area contributed by atoms with Crippen LogP contribution in [0.4, 0.5) is 10.5 Å². The maximum absolute atomic E-state index is 11.3. The topological polar surface area (TPSA) is 84.5 Å². The molecule has 6 nitrogen and oxygen atoms in total. The summed E-state index contributed by atoms with van der Waals surface area (Å²) in [4.78, 5) is 11.0. The molecule has 0 saturated carbocycles. The fourth-order valence-electron chi connectivity index (χ4n) is 1.05. The van der Waals surface area contributed by atoms with Crippen molar-refractivity contribution >= 4 is 33.4 Å². The van der Waals surface area contributed by atoms with Crippen LogP contribution in [0.3, 0.4) is 0 Å². The third kappa shape index (κ3) is 4.08. The molecule has 0 aliphatic rings. The second-order valence-electron chi connectivity index (χ2n) is 3.29. The number of amides is 1. The van der Waals surface area contributed by atoms with E-state index in [0.717, 1.165) is 0 Å². The summed E-state index contributed by atoms with van der Waals surface area (Å²) in [5.41, 5.74) is 0.311. The van der Waals surface area contributed by atoms with Crippen molar-refractivity contribution in [1.82, 2.24) is 5.32 Å². The van der Waals surface area contributed by atoms with Gasteiger partial charge in [0.15, 0.2) is 5.75 Å². The van der Waals surface area contributed by atoms with Gasteiger partial charge >= 0.3 is 6.09 Å². The van der Waals surface area contributed by atoms with Gasteiger partial charge in [0.25, 0.3) is 0 Å². The Hall–Kier alpha value is -1.47. The van der Waals surface area contributed by atoms with Crippen LogP contribution in [0.15, 0.2) is 18.2 Å². The molecule has 1 aromatic carbocycles. The van der Waals surface area contributed by atoms with Crippen LogP contribution in [0.25, 0.3) is 0 Å². The van der Waals surface area contributed by atoms with Gasteiger partial charge in [-0.2, -0.15) is 0 Å². The van der Waals surface area contributed by atoms with Crippen molar-refractivity contribution in [3.05, 3.63) is 23.2 Å². The normalized spacial score (nSPS) is 10.8. The summed E-state index contributed by atoms with van der Waals surface area (Å²) in [5, 5.41) is 2.41. The van der Waals surface area contributed by atoms with Gasteiger partial charge in [-0.1, -0.05) is 11.6 Å². The molecule has 0 bridgehead atoms. The SMILES string of the molecule is CCS(=O)(=O)Nc1ccc(OC(=O)NC)c(Cl)c1. The van der Waals surface area contributed by atoms with Crippen LogP contribution in [0, 0.1) is 0 Å². The molecule has 18 heavy (non-hydrogen) atoms. The summed E-state index contributed by atoms with van der Waals surface area (Å²) in [7, 11) is -1.94. The Bertz CT molecular complexity index is 545. The van der Waals surface area contributed by atoms with Gasteiger partial charge in [-0.25, -0.2) is 13.2 Å². The quantitative estimate of drug-likeness (QED) is 0.886. The summed E-state index contributed by atoms with van der Waals surface area (Å²) < 4.78 is 29.9. The summed E-state index contributed by atoms with van der Waals surface area (Å²) in [6, 6.07) is 4.23.